The number of thiazole rings is 1. The van der Waals surface area contributed by atoms with Crippen molar-refractivity contribution in [1.29, 1.82) is 0 Å². The topological polar surface area (TPSA) is 117 Å². The van der Waals surface area contributed by atoms with Crippen LogP contribution in [0.1, 0.15) is 32.8 Å². The molecule has 0 aromatic carbocycles. The van der Waals surface area contributed by atoms with Crippen LogP contribution in [0.2, 0.25) is 0 Å². The highest BCUT2D eigenvalue weighted by atomic mass is 32.1. The number of nitrogens with one attached hydrogen (secondary N) is 2. The summed E-state index contributed by atoms with van der Waals surface area (Å²) in [6.07, 6.45) is -3.73. The fraction of sp³-hybridized carbons (Fsp3) is 0.235. The van der Waals surface area contributed by atoms with Crippen molar-refractivity contribution in [3.05, 3.63) is 57.8 Å². The van der Waals surface area contributed by atoms with Gasteiger partial charge < -0.3 is 21.1 Å². The third-order valence-electron chi connectivity index (χ3n) is 3.87. The highest BCUT2D eigenvalue weighted by molar-refractivity contribution is 7.09. The number of carbonyl (C=O) groups is 1. The van der Waals surface area contributed by atoms with Crippen molar-refractivity contribution in [3.63, 3.8) is 0 Å². The van der Waals surface area contributed by atoms with Gasteiger partial charge in [-0.1, -0.05) is 0 Å². The predicted octanol–water partition coefficient (Wildman–Crippen LogP) is 2.47. The Bertz CT molecular complexity index is 952. The molecule has 1 unspecified atom stereocenters. The molecule has 1 atom stereocenters. The predicted molar refractivity (Wildman–Crippen MR) is 96.3 cm³/mol. The first-order chi connectivity index (χ1) is 13.3. The molecule has 3 heterocycles. The lowest BCUT2D eigenvalue weighted by Crippen LogP contribution is -2.33. The molecule has 0 aliphatic heterocycles. The number of aliphatic hydroxyl groups is 1. The number of amides is 1. The molecule has 1 amide bonds. The summed E-state index contributed by atoms with van der Waals surface area (Å²) in [5.41, 5.74) is 6.22. The summed E-state index contributed by atoms with van der Waals surface area (Å²) in [6, 6.07) is 4.67. The highest BCUT2D eigenvalue weighted by Crippen LogP contribution is 2.29. The lowest BCUT2D eigenvalue weighted by molar-refractivity contribution is -0.137. The van der Waals surface area contributed by atoms with Crippen LogP contribution in [0, 0.1) is 0 Å². The highest BCUT2D eigenvalue weighted by Gasteiger charge is 2.30. The zero-order valence-corrected chi connectivity index (χ0v) is 15.1. The number of rotatable bonds is 6. The first-order valence-electron chi connectivity index (χ1n) is 8.10. The molecule has 0 aliphatic carbocycles. The molecular weight excluding hydrogens is 395 g/mol. The van der Waals surface area contributed by atoms with Crippen molar-refractivity contribution in [2.24, 2.45) is 5.73 Å². The molecule has 3 aromatic rings. The number of nitrogens with zero attached hydrogens (tertiary/aromatic N) is 2. The van der Waals surface area contributed by atoms with E-state index in [4.69, 9.17) is 10.8 Å². The lowest BCUT2D eigenvalue weighted by atomic mass is 10.2. The van der Waals surface area contributed by atoms with Gasteiger partial charge in [0.25, 0.3) is 5.91 Å². The first-order valence-corrected chi connectivity index (χ1v) is 8.98. The Hall–Kier alpha value is -2.76. The Morgan fingerprint density at radius 3 is 2.68 bits per heavy atom. The van der Waals surface area contributed by atoms with Crippen LogP contribution in [-0.2, 0) is 12.8 Å². The third kappa shape index (κ3) is 4.38. The molecule has 5 N–H and O–H groups in total. The minimum absolute atomic E-state index is 0.109. The maximum absolute atomic E-state index is 12.6. The number of halogens is 3. The van der Waals surface area contributed by atoms with Gasteiger partial charge in [0, 0.05) is 18.1 Å². The number of aromatic nitrogens is 3. The molecule has 7 nitrogen and oxygen atoms in total. The Kier molecular flexibility index (Phi) is 5.77. The second kappa shape index (κ2) is 8.09. The molecule has 0 radical (unpaired) electrons. The number of nitrogens with two attached hydrogens (primary N) is 1. The second-order valence-corrected chi connectivity index (χ2v) is 6.70. The van der Waals surface area contributed by atoms with Crippen LogP contribution in [0.5, 0.6) is 0 Å². The van der Waals surface area contributed by atoms with Gasteiger partial charge in [-0.15, -0.1) is 11.3 Å². The largest absolute Gasteiger partial charge is 0.417 e. The number of carbonyl (C=O) groups excluding carboxylic acids is 1. The van der Waals surface area contributed by atoms with Gasteiger partial charge in [0.1, 0.15) is 10.7 Å². The van der Waals surface area contributed by atoms with E-state index in [-0.39, 0.29) is 24.5 Å². The van der Waals surface area contributed by atoms with Crippen LogP contribution in [0.15, 0.2) is 35.8 Å². The number of hydrogen-bond donors (Lipinski definition) is 4. The smallest absolute Gasteiger partial charge is 0.390 e. The van der Waals surface area contributed by atoms with Crippen molar-refractivity contribution >= 4 is 17.2 Å². The van der Waals surface area contributed by atoms with Gasteiger partial charge in [-0.25, -0.2) is 4.98 Å². The van der Waals surface area contributed by atoms with Crippen molar-refractivity contribution in [3.8, 4) is 11.4 Å². The fourth-order valence-corrected chi connectivity index (χ4v) is 3.28. The van der Waals surface area contributed by atoms with Gasteiger partial charge in [-0.05, 0) is 24.3 Å². The molecule has 0 spiro atoms. The summed E-state index contributed by atoms with van der Waals surface area (Å²) >= 11 is 1.27. The zero-order chi connectivity index (χ0) is 20.3. The van der Waals surface area contributed by atoms with E-state index in [2.05, 4.69) is 20.3 Å². The van der Waals surface area contributed by atoms with Crippen LogP contribution in [0.25, 0.3) is 11.4 Å². The van der Waals surface area contributed by atoms with E-state index in [1.807, 2.05) is 0 Å². The molecular formula is C17H16F3N5O2S. The van der Waals surface area contributed by atoms with Gasteiger partial charge in [-0.3, -0.25) is 9.78 Å². The molecule has 0 bridgehead atoms. The molecule has 0 aliphatic rings. The number of aliphatic hydroxyl groups excluding tert-OH is 1. The Balaban J connectivity index is 1.72. The number of hydrogen-bond acceptors (Lipinski definition) is 6. The quantitative estimate of drug-likeness (QED) is 0.497. The van der Waals surface area contributed by atoms with E-state index >= 15 is 0 Å². The zero-order valence-electron chi connectivity index (χ0n) is 14.3. The normalized spacial score (nSPS) is 12.8. The van der Waals surface area contributed by atoms with Gasteiger partial charge >= 0.3 is 6.18 Å². The summed E-state index contributed by atoms with van der Waals surface area (Å²) in [6.45, 7) is -0.0972. The van der Waals surface area contributed by atoms with Gasteiger partial charge in [-0.2, -0.15) is 13.2 Å². The molecule has 0 fully saturated rings. The molecule has 3 aromatic heterocycles. The average Bonchev–Trinajstić information content (AvgIpc) is 3.35. The standard InChI is InChI=1S/C17H16F3N5O2S/c18-17(19,20)9-1-2-11(22-6-9)12-3-4-13(24-12)15(27)25-14(5-21)16-23-10(7-26)8-28-16/h1-4,6,8,14,24,26H,5,7,21H2,(H,25,27). The number of pyridine rings is 1. The van der Waals surface area contributed by atoms with Gasteiger partial charge in [0.05, 0.1) is 35.3 Å². The van der Waals surface area contributed by atoms with E-state index in [1.165, 1.54) is 23.5 Å². The monoisotopic (exact) mass is 411 g/mol. The van der Waals surface area contributed by atoms with Crippen LogP contribution in [-0.4, -0.2) is 32.5 Å². The molecule has 3 rings (SSSR count). The van der Waals surface area contributed by atoms with Gasteiger partial charge in [0.2, 0.25) is 0 Å². The van der Waals surface area contributed by atoms with E-state index < -0.39 is 23.7 Å². The van der Waals surface area contributed by atoms with Crippen LogP contribution < -0.4 is 11.1 Å². The number of H-pyrrole nitrogens is 1. The van der Waals surface area contributed by atoms with Crippen molar-refractivity contribution in [2.45, 2.75) is 18.8 Å². The molecule has 11 heteroatoms. The van der Waals surface area contributed by atoms with Crippen LogP contribution in [0.4, 0.5) is 13.2 Å². The Morgan fingerprint density at radius 1 is 1.32 bits per heavy atom. The third-order valence-corrected chi connectivity index (χ3v) is 4.88. The van der Waals surface area contributed by atoms with Gasteiger partial charge in [0.15, 0.2) is 0 Å². The maximum Gasteiger partial charge on any atom is 0.417 e. The number of alkyl halides is 3. The van der Waals surface area contributed by atoms with Crippen molar-refractivity contribution < 1.29 is 23.1 Å². The van der Waals surface area contributed by atoms with E-state index in [0.717, 1.165) is 12.3 Å². The summed E-state index contributed by atoms with van der Waals surface area (Å²) in [4.78, 5) is 23.3. The Labute approximate surface area is 161 Å². The van der Waals surface area contributed by atoms with E-state index in [9.17, 15) is 18.0 Å². The summed E-state index contributed by atoms with van der Waals surface area (Å²) in [5.74, 6) is -0.450. The van der Waals surface area contributed by atoms with Crippen molar-refractivity contribution in [1.82, 2.24) is 20.3 Å². The minimum Gasteiger partial charge on any atom is -0.390 e. The maximum atomic E-state index is 12.6. The van der Waals surface area contributed by atoms with Crippen LogP contribution >= 0.6 is 11.3 Å². The number of aromatic amines is 1. The van der Waals surface area contributed by atoms with Crippen LogP contribution in [0.3, 0.4) is 0 Å². The minimum atomic E-state index is -4.46. The molecule has 0 saturated heterocycles. The summed E-state index contributed by atoms with van der Waals surface area (Å²) in [5, 5.41) is 14.1. The van der Waals surface area contributed by atoms with Crippen molar-refractivity contribution in [2.75, 3.05) is 6.54 Å². The average molecular weight is 411 g/mol. The summed E-state index contributed by atoms with van der Waals surface area (Å²) < 4.78 is 37.9. The van der Waals surface area contributed by atoms with E-state index in [1.54, 1.807) is 11.4 Å². The second-order valence-electron chi connectivity index (χ2n) is 5.81. The fourth-order valence-electron chi connectivity index (χ4n) is 2.41. The summed E-state index contributed by atoms with van der Waals surface area (Å²) in [7, 11) is 0. The molecule has 28 heavy (non-hydrogen) atoms. The lowest BCUT2D eigenvalue weighted by Gasteiger charge is -2.13. The SMILES string of the molecule is NCC(NC(=O)c1ccc(-c2ccc(C(F)(F)F)cn2)[nH]1)c1nc(CO)cs1. The first kappa shape index (κ1) is 20.0. The Morgan fingerprint density at radius 2 is 2.11 bits per heavy atom. The molecule has 148 valence electrons. The molecule has 0 saturated carbocycles. The van der Waals surface area contributed by atoms with E-state index in [0.29, 0.717) is 16.4 Å².